The van der Waals surface area contributed by atoms with Gasteiger partial charge >= 0.3 is 0 Å². The molecule has 24 heavy (non-hydrogen) atoms. The summed E-state index contributed by atoms with van der Waals surface area (Å²) in [7, 11) is -1.58. The number of halogens is 1. The Labute approximate surface area is 150 Å². The Kier molecular flexibility index (Phi) is 8.52. The molecule has 1 aromatic rings. The Morgan fingerprint density at radius 2 is 1.83 bits per heavy atom. The normalized spacial score (nSPS) is 13.8. The molecule has 8 heteroatoms. The standard InChI is InChI=1S/C16H27ClN4O2S/c1-5-21(6-2)24(22,23)12-11-19-16(18-4)20-13(3)14-7-9-15(17)10-8-14/h7-10,13H,5-6,11-12H2,1-4H3,(H2,18,19,20). The molecule has 6 nitrogen and oxygen atoms in total. The van der Waals surface area contributed by atoms with Gasteiger partial charge in [-0.05, 0) is 24.6 Å². The minimum atomic E-state index is -3.24. The Bertz CT molecular complexity index is 628. The fraction of sp³-hybridized carbons (Fsp3) is 0.562. The average Bonchev–Trinajstić information content (AvgIpc) is 2.55. The van der Waals surface area contributed by atoms with Gasteiger partial charge in [-0.15, -0.1) is 0 Å². The Balaban J connectivity index is 2.55. The molecule has 2 N–H and O–H groups in total. The van der Waals surface area contributed by atoms with Gasteiger partial charge in [0, 0.05) is 31.7 Å². The molecule has 1 unspecified atom stereocenters. The van der Waals surface area contributed by atoms with Crippen LogP contribution in [0.15, 0.2) is 29.3 Å². The lowest BCUT2D eigenvalue weighted by Gasteiger charge is -2.20. The molecule has 1 atom stereocenters. The van der Waals surface area contributed by atoms with Crippen molar-refractivity contribution in [3.63, 3.8) is 0 Å². The van der Waals surface area contributed by atoms with Crippen LogP contribution in [0.5, 0.6) is 0 Å². The van der Waals surface area contributed by atoms with E-state index in [9.17, 15) is 8.42 Å². The lowest BCUT2D eigenvalue weighted by Crippen LogP contribution is -2.42. The van der Waals surface area contributed by atoms with Crippen molar-refractivity contribution >= 4 is 27.6 Å². The van der Waals surface area contributed by atoms with Crippen LogP contribution in [0.4, 0.5) is 0 Å². The van der Waals surface area contributed by atoms with E-state index in [1.165, 1.54) is 4.31 Å². The van der Waals surface area contributed by atoms with E-state index >= 15 is 0 Å². The third-order valence-electron chi connectivity index (χ3n) is 3.70. The van der Waals surface area contributed by atoms with Gasteiger partial charge in [-0.1, -0.05) is 37.6 Å². The van der Waals surface area contributed by atoms with Crippen molar-refractivity contribution in [3.05, 3.63) is 34.9 Å². The highest BCUT2D eigenvalue weighted by Crippen LogP contribution is 2.15. The summed E-state index contributed by atoms with van der Waals surface area (Å²) >= 11 is 5.89. The van der Waals surface area contributed by atoms with Crippen LogP contribution in [-0.2, 0) is 10.0 Å². The minimum Gasteiger partial charge on any atom is -0.355 e. The monoisotopic (exact) mass is 374 g/mol. The third-order valence-corrected chi connectivity index (χ3v) is 5.97. The topological polar surface area (TPSA) is 73.8 Å². The van der Waals surface area contributed by atoms with Gasteiger partial charge in [0.1, 0.15) is 0 Å². The second kappa shape index (κ2) is 9.86. The summed E-state index contributed by atoms with van der Waals surface area (Å²) in [6.45, 7) is 6.94. The summed E-state index contributed by atoms with van der Waals surface area (Å²) in [6.07, 6.45) is 0. The molecule has 1 aromatic carbocycles. The van der Waals surface area contributed by atoms with Crippen molar-refractivity contribution in [2.75, 3.05) is 32.4 Å². The summed E-state index contributed by atoms with van der Waals surface area (Å²) < 4.78 is 25.8. The van der Waals surface area contributed by atoms with Crippen LogP contribution in [0, 0.1) is 0 Å². The van der Waals surface area contributed by atoms with Gasteiger partial charge in [0.25, 0.3) is 0 Å². The van der Waals surface area contributed by atoms with Crippen molar-refractivity contribution in [1.82, 2.24) is 14.9 Å². The first-order chi connectivity index (χ1) is 11.3. The summed E-state index contributed by atoms with van der Waals surface area (Å²) in [6, 6.07) is 7.58. The first kappa shape index (κ1) is 20.7. The van der Waals surface area contributed by atoms with E-state index in [1.807, 2.05) is 45.0 Å². The highest BCUT2D eigenvalue weighted by atomic mass is 35.5. The van der Waals surface area contributed by atoms with E-state index in [-0.39, 0.29) is 11.8 Å². The zero-order chi connectivity index (χ0) is 18.2. The average molecular weight is 375 g/mol. The summed E-state index contributed by atoms with van der Waals surface area (Å²) in [5.74, 6) is 0.595. The van der Waals surface area contributed by atoms with Gasteiger partial charge in [0.2, 0.25) is 10.0 Å². The maximum atomic E-state index is 12.2. The number of sulfonamides is 1. The van der Waals surface area contributed by atoms with Crippen molar-refractivity contribution in [3.8, 4) is 0 Å². The molecule has 0 saturated heterocycles. The van der Waals surface area contributed by atoms with Gasteiger partial charge in [-0.3, -0.25) is 4.99 Å². The molecular formula is C16H27ClN4O2S. The number of hydrogen-bond donors (Lipinski definition) is 2. The largest absolute Gasteiger partial charge is 0.355 e. The molecule has 0 amide bonds. The minimum absolute atomic E-state index is 0.0212. The number of nitrogens with one attached hydrogen (secondary N) is 2. The van der Waals surface area contributed by atoms with E-state index in [4.69, 9.17) is 11.6 Å². The summed E-state index contributed by atoms with van der Waals surface area (Å²) in [5, 5.41) is 6.97. The molecule has 0 saturated carbocycles. The number of benzene rings is 1. The molecule has 0 heterocycles. The zero-order valence-electron chi connectivity index (χ0n) is 14.7. The SMILES string of the molecule is CCN(CC)S(=O)(=O)CCNC(=NC)NC(C)c1ccc(Cl)cc1. The Hall–Kier alpha value is -1.31. The van der Waals surface area contributed by atoms with E-state index in [2.05, 4.69) is 15.6 Å². The quantitative estimate of drug-likeness (QED) is 0.540. The molecule has 136 valence electrons. The maximum absolute atomic E-state index is 12.2. The number of nitrogens with zero attached hydrogens (tertiary/aromatic N) is 2. The molecule has 0 aliphatic heterocycles. The number of aliphatic imine (C=N–C) groups is 1. The predicted molar refractivity (Wildman–Crippen MR) is 101 cm³/mol. The van der Waals surface area contributed by atoms with E-state index in [0.717, 1.165) is 5.56 Å². The van der Waals surface area contributed by atoms with Crippen molar-refractivity contribution < 1.29 is 8.42 Å². The van der Waals surface area contributed by atoms with Crippen LogP contribution in [0.3, 0.4) is 0 Å². The maximum Gasteiger partial charge on any atom is 0.215 e. The van der Waals surface area contributed by atoms with E-state index in [1.54, 1.807) is 7.05 Å². The van der Waals surface area contributed by atoms with Crippen molar-refractivity contribution in [2.45, 2.75) is 26.8 Å². The summed E-state index contributed by atoms with van der Waals surface area (Å²) in [5.41, 5.74) is 1.07. The highest BCUT2D eigenvalue weighted by molar-refractivity contribution is 7.89. The van der Waals surface area contributed by atoms with Crippen LogP contribution < -0.4 is 10.6 Å². The van der Waals surface area contributed by atoms with Crippen molar-refractivity contribution in [1.29, 1.82) is 0 Å². The highest BCUT2D eigenvalue weighted by Gasteiger charge is 2.18. The lowest BCUT2D eigenvalue weighted by atomic mass is 10.1. The van der Waals surface area contributed by atoms with Gasteiger partial charge < -0.3 is 10.6 Å². The molecular weight excluding hydrogens is 348 g/mol. The van der Waals surface area contributed by atoms with Crippen LogP contribution in [0.2, 0.25) is 5.02 Å². The van der Waals surface area contributed by atoms with Crippen LogP contribution in [0.25, 0.3) is 0 Å². The lowest BCUT2D eigenvalue weighted by molar-refractivity contribution is 0.445. The van der Waals surface area contributed by atoms with E-state index < -0.39 is 10.0 Å². The first-order valence-electron chi connectivity index (χ1n) is 8.04. The van der Waals surface area contributed by atoms with Gasteiger partial charge in [-0.25, -0.2) is 12.7 Å². The second-order valence-corrected chi connectivity index (χ2v) is 7.84. The Morgan fingerprint density at radius 3 is 2.33 bits per heavy atom. The van der Waals surface area contributed by atoms with Crippen molar-refractivity contribution in [2.24, 2.45) is 4.99 Å². The third kappa shape index (κ3) is 6.30. The van der Waals surface area contributed by atoms with E-state index in [0.29, 0.717) is 30.6 Å². The fourth-order valence-corrected chi connectivity index (χ4v) is 3.81. The summed E-state index contributed by atoms with van der Waals surface area (Å²) in [4.78, 5) is 4.14. The molecule has 0 spiro atoms. The molecule has 0 radical (unpaired) electrons. The number of rotatable bonds is 8. The van der Waals surface area contributed by atoms with Crippen LogP contribution >= 0.6 is 11.6 Å². The molecule has 0 fully saturated rings. The van der Waals surface area contributed by atoms with Gasteiger partial charge in [0.15, 0.2) is 5.96 Å². The van der Waals surface area contributed by atoms with Gasteiger partial charge in [-0.2, -0.15) is 0 Å². The molecule has 0 aliphatic carbocycles. The number of guanidine groups is 1. The molecule has 0 aliphatic rings. The number of hydrogen-bond acceptors (Lipinski definition) is 3. The van der Waals surface area contributed by atoms with Crippen LogP contribution in [0.1, 0.15) is 32.4 Å². The first-order valence-corrected chi connectivity index (χ1v) is 10.0. The van der Waals surface area contributed by atoms with Crippen LogP contribution in [-0.4, -0.2) is 51.1 Å². The second-order valence-electron chi connectivity index (χ2n) is 5.32. The molecule has 0 aromatic heterocycles. The smallest absolute Gasteiger partial charge is 0.215 e. The zero-order valence-corrected chi connectivity index (χ0v) is 16.3. The van der Waals surface area contributed by atoms with Gasteiger partial charge in [0.05, 0.1) is 11.8 Å². The Morgan fingerprint density at radius 1 is 1.25 bits per heavy atom. The predicted octanol–water partition coefficient (Wildman–Crippen LogP) is 2.24. The molecule has 0 bridgehead atoms. The molecule has 1 rings (SSSR count). The fourth-order valence-electron chi connectivity index (χ4n) is 2.28.